The van der Waals surface area contributed by atoms with Crippen LogP contribution in [0.2, 0.25) is 0 Å². The summed E-state index contributed by atoms with van der Waals surface area (Å²) in [5.41, 5.74) is 8.42. The van der Waals surface area contributed by atoms with E-state index in [1.54, 1.807) is 0 Å². The van der Waals surface area contributed by atoms with E-state index in [-0.39, 0.29) is 0 Å². The molecule has 2 heterocycles. The van der Waals surface area contributed by atoms with E-state index in [4.69, 9.17) is 24.7 Å². The van der Waals surface area contributed by atoms with Crippen molar-refractivity contribution in [1.82, 2.24) is 19.9 Å². The summed E-state index contributed by atoms with van der Waals surface area (Å²) < 4.78 is 7.28. The van der Waals surface area contributed by atoms with E-state index in [0.717, 1.165) is 61.7 Å². The van der Waals surface area contributed by atoms with Crippen molar-refractivity contribution in [3.05, 3.63) is 106 Å². The fraction of sp³-hybridized carbons (Fsp3) is 0.722. The Bertz CT molecular complexity index is 1930. The number of ether oxygens (including phenoxy) is 1. The van der Waals surface area contributed by atoms with E-state index < -0.39 is 0 Å². The monoisotopic (exact) mass is 1050 g/mol. The average Bonchev–Trinajstić information content (AvgIpc) is 3.46. The molecule has 2 aromatic carbocycles. The fourth-order valence-electron chi connectivity index (χ4n) is 13.0. The molecule has 428 valence electrons. The third kappa shape index (κ3) is 24.8. The summed E-state index contributed by atoms with van der Waals surface area (Å²) in [7, 11) is 0. The van der Waals surface area contributed by atoms with Crippen LogP contribution in [0.15, 0.2) is 61.2 Å². The zero-order chi connectivity index (χ0) is 53.8. The number of nitrogens with zero attached hydrogens (tertiary/aromatic N) is 4. The molecule has 0 N–H and O–H groups in total. The van der Waals surface area contributed by atoms with Crippen molar-refractivity contribution in [2.75, 3.05) is 0 Å². The molecule has 6 rings (SSSR count). The molecular weight excluding hydrogens is 937 g/mol. The Morgan fingerprint density at radius 1 is 0.325 bits per heavy atom. The molecule has 2 aliphatic rings. The van der Waals surface area contributed by atoms with Gasteiger partial charge in [0.05, 0.1) is 0 Å². The molecule has 2 aliphatic carbocycles. The lowest BCUT2D eigenvalue weighted by Crippen LogP contribution is -2.18. The van der Waals surface area contributed by atoms with Gasteiger partial charge in [-0.05, 0) is 173 Å². The van der Waals surface area contributed by atoms with Gasteiger partial charge in [-0.2, -0.15) is 0 Å². The summed E-state index contributed by atoms with van der Waals surface area (Å²) in [5.74, 6) is 6.57. The minimum atomic E-state index is 0.474. The van der Waals surface area contributed by atoms with E-state index in [0.29, 0.717) is 23.7 Å². The highest BCUT2D eigenvalue weighted by Crippen LogP contribution is 2.41. The van der Waals surface area contributed by atoms with Crippen molar-refractivity contribution in [3.8, 4) is 11.5 Å². The maximum Gasteiger partial charge on any atom is 0.131 e. The van der Waals surface area contributed by atoms with Gasteiger partial charge in [0, 0.05) is 36.6 Å². The zero-order valence-corrected chi connectivity index (χ0v) is 50.4. The van der Waals surface area contributed by atoms with E-state index in [2.05, 4.69) is 88.9 Å². The second-order valence-corrected chi connectivity index (χ2v) is 24.9. The Labute approximate surface area is 474 Å². The first-order valence-electron chi connectivity index (χ1n) is 33.6. The number of hydrogen-bond acceptors (Lipinski definition) is 5. The Morgan fingerprint density at radius 3 is 0.896 bits per heavy atom. The van der Waals surface area contributed by atoms with Crippen LogP contribution in [0.5, 0.6) is 11.5 Å². The fourth-order valence-corrected chi connectivity index (χ4v) is 13.0. The van der Waals surface area contributed by atoms with Gasteiger partial charge in [-0.1, -0.05) is 219 Å². The van der Waals surface area contributed by atoms with Gasteiger partial charge in [0.2, 0.25) is 0 Å². The number of unbranched alkanes of at least 4 members (excludes halogenated alkanes) is 26. The molecule has 5 nitrogen and oxygen atoms in total. The summed E-state index contributed by atoms with van der Waals surface area (Å²) in [6.07, 6.45) is 65.5. The largest absolute Gasteiger partial charge is 0.457 e. The maximum atomic E-state index is 7.28. The lowest BCUT2D eigenvalue weighted by Gasteiger charge is -2.29. The Balaban J connectivity index is 1.08. The van der Waals surface area contributed by atoms with Crippen molar-refractivity contribution < 1.29 is 4.74 Å². The zero-order valence-electron chi connectivity index (χ0n) is 50.4. The molecule has 0 bridgehead atoms. The maximum absolute atomic E-state index is 7.28. The molecule has 0 amide bonds. The highest BCUT2D eigenvalue weighted by atomic mass is 16.5. The molecule has 0 atom stereocenters. The molecule has 77 heavy (non-hydrogen) atoms. The summed E-state index contributed by atoms with van der Waals surface area (Å²) in [6, 6.07) is 14.6. The van der Waals surface area contributed by atoms with Crippen LogP contribution in [0.1, 0.15) is 329 Å². The lowest BCUT2D eigenvalue weighted by molar-refractivity contribution is 0.312. The van der Waals surface area contributed by atoms with Crippen LogP contribution in [0.4, 0.5) is 0 Å². The molecule has 2 fully saturated rings. The van der Waals surface area contributed by atoms with Crippen LogP contribution in [-0.4, -0.2) is 19.9 Å². The van der Waals surface area contributed by atoms with Gasteiger partial charge in [0.25, 0.3) is 0 Å². The van der Waals surface area contributed by atoms with Crippen LogP contribution in [-0.2, 0) is 38.5 Å². The topological polar surface area (TPSA) is 60.8 Å². The molecule has 0 unspecified atom stereocenters. The van der Waals surface area contributed by atoms with Gasteiger partial charge in [-0.3, -0.25) is 0 Å². The normalized spacial score (nSPS) is 17.8. The first-order chi connectivity index (χ1) is 38.0. The quantitative estimate of drug-likeness (QED) is 0.0414. The first kappa shape index (κ1) is 62.6. The predicted molar refractivity (Wildman–Crippen MR) is 330 cm³/mol. The average molecular weight is 1050 g/mol. The summed E-state index contributed by atoms with van der Waals surface area (Å²) in [5, 5.41) is 0. The Morgan fingerprint density at radius 2 is 0.597 bits per heavy atom. The van der Waals surface area contributed by atoms with E-state index in [1.165, 1.54) is 277 Å². The molecule has 5 heteroatoms. The molecule has 0 aliphatic heterocycles. The Kier molecular flexibility index (Phi) is 31.6. The van der Waals surface area contributed by atoms with E-state index in [9.17, 15) is 0 Å². The van der Waals surface area contributed by atoms with Gasteiger partial charge in [0.1, 0.15) is 23.1 Å². The van der Waals surface area contributed by atoms with Crippen LogP contribution in [0, 0.1) is 11.8 Å². The van der Waals surface area contributed by atoms with Crippen LogP contribution >= 0.6 is 0 Å². The minimum absolute atomic E-state index is 0.474. The third-order valence-corrected chi connectivity index (χ3v) is 18.1. The SMILES string of the molecule is CCCCCCCCCCc1cnc([C@H]2CC[C@H](Cc3cc(CCCCCCCCC)ccc3Oc3ccc(CCCCCCCCC)cc3C[C@H]3CC[C@H](c4ncc(CCCCCCCCCC)cn4)CC3)CC2)nc1. The molecular formula is C72H114N4O. The summed E-state index contributed by atoms with van der Waals surface area (Å²) >= 11 is 0. The van der Waals surface area contributed by atoms with Gasteiger partial charge in [0.15, 0.2) is 0 Å². The lowest BCUT2D eigenvalue weighted by atomic mass is 9.78. The molecule has 0 spiro atoms. The molecule has 2 saturated carbocycles. The molecule has 2 aromatic heterocycles. The van der Waals surface area contributed by atoms with Gasteiger partial charge >= 0.3 is 0 Å². The van der Waals surface area contributed by atoms with Gasteiger partial charge in [-0.25, -0.2) is 19.9 Å². The molecule has 0 radical (unpaired) electrons. The van der Waals surface area contributed by atoms with Crippen molar-refractivity contribution in [1.29, 1.82) is 0 Å². The van der Waals surface area contributed by atoms with Crippen LogP contribution in [0.3, 0.4) is 0 Å². The smallest absolute Gasteiger partial charge is 0.131 e. The third-order valence-electron chi connectivity index (χ3n) is 18.1. The second kappa shape index (κ2) is 38.9. The van der Waals surface area contributed by atoms with Gasteiger partial charge in [-0.15, -0.1) is 0 Å². The second-order valence-electron chi connectivity index (χ2n) is 24.9. The first-order valence-corrected chi connectivity index (χ1v) is 33.6. The number of rotatable bonds is 42. The van der Waals surface area contributed by atoms with Crippen molar-refractivity contribution in [3.63, 3.8) is 0 Å². The predicted octanol–water partition coefficient (Wildman–Crippen LogP) is 22.0. The highest BCUT2D eigenvalue weighted by Gasteiger charge is 2.28. The summed E-state index contributed by atoms with van der Waals surface area (Å²) in [6.45, 7) is 9.23. The molecule has 4 aromatic rings. The van der Waals surface area contributed by atoms with Gasteiger partial charge < -0.3 is 4.74 Å². The Hall–Kier alpha value is -3.60. The van der Waals surface area contributed by atoms with Crippen molar-refractivity contribution >= 4 is 0 Å². The highest BCUT2D eigenvalue weighted by molar-refractivity contribution is 5.45. The minimum Gasteiger partial charge on any atom is -0.457 e. The molecule has 0 saturated heterocycles. The standard InChI is InChI=1S/C72H114N4O/c1-5-9-13-17-21-25-29-33-37-63-55-73-71(74-56-63)65-45-39-61(40-46-65)53-67-51-59(35-31-27-23-19-15-11-7-3)43-49-69(67)77-70-50-44-60(36-32-28-24-20-16-12-8-4)52-68(70)54-62-41-47-66(48-42-62)72-75-57-64(58-76-72)38-34-30-26-22-18-14-10-6-2/h43-44,49-52,55-58,61-62,65-66H,5-42,45-48,53-54H2,1-4H3/t61-,62-,65-,66-. The van der Waals surface area contributed by atoms with E-state index in [1.807, 2.05) is 0 Å². The van der Waals surface area contributed by atoms with Crippen molar-refractivity contribution in [2.24, 2.45) is 11.8 Å². The van der Waals surface area contributed by atoms with Crippen LogP contribution in [0.25, 0.3) is 0 Å². The number of aryl methyl sites for hydroxylation is 4. The number of benzene rings is 2. The van der Waals surface area contributed by atoms with E-state index >= 15 is 0 Å². The summed E-state index contributed by atoms with van der Waals surface area (Å²) in [4.78, 5) is 19.9. The number of aromatic nitrogens is 4. The van der Waals surface area contributed by atoms with Crippen LogP contribution < -0.4 is 4.74 Å². The number of hydrogen-bond donors (Lipinski definition) is 0. The van der Waals surface area contributed by atoms with Crippen molar-refractivity contribution in [2.45, 2.75) is 322 Å².